The van der Waals surface area contributed by atoms with Gasteiger partial charge in [0.05, 0.1) is 0 Å². The Kier molecular flexibility index (Phi) is 4.59. The molecule has 2 rings (SSSR count). The molecular formula is C14H26N2OS. The van der Waals surface area contributed by atoms with Gasteiger partial charge in [0, 0.05) is 31.1 Å². The predicted molar refractivity (Wildman–Crippen MR) is 77.5 cm³/mol. The van der Waals surface area contributed by atoms with Gasteiger partial charge in [-0.25, -0.2) is 4.31 Å². The van der Waals surface area contributed by atoms with E-state index in [9.17, 15) is 4.79 Å². The SMILES string of the molecule is CC(=O)N(C(C)CCC(C)N(S)C1CC1)C1CC1. The molecule has 0 bridgehead atoms. The van der Waals surface area contributed by atoms with Crippen molar-refractivity contribution in [2.45, 2.75) is 83.5 Å². The first-order valence-electron chi connectivity index (χ1n) is 7.26. The molecule has 1 amide bonds. The van der Waals surface area contributed by atoms with Gasteiger partial charge in [-0.3, -0.25) is 4.79 Å². The van der Waals surface area contributed by atoms with E-state index in [-0.39, 0.29) is 5.91 Å². The number of carbonyl (C=O) groups is 1. The molecule has 3 nitrogen and oxygen atoms in total. The van der Waals surface area contributed by atoms with Gasteiger partial charge < -0.3 is 4.90 Å². The van der Waals surface area contributed by atoms with E-state index in [0.29, 0.717) is 24.2 Å². The Morgan fingerprint density at radius 3 is 2.06 bits per heavy atom. The van der Waals surface area contributed by atoms with Gasteiger partial charge in [0.2, 0.25) is 5.91 Å². The number of hydrogen-bond donors (Lipinski definition) is 1. The molecule has 2 saturated carbocycles. The van der Waals surface area contributed by atoms with Crippen LogP contribution in [0.25, 0.3) is 0 Å². The van der Waals surface area contributed by atoms with Crippen LogP contribution in [0.5, 0.6) is 0 Å². The van der Waals surface area contributed by atoms with Crippen molar-refractivity contribution in [1.29, 1.82) is 0 Å². The molecule has 0 aromatic heterocycles. The lowest BCUT2D eigenvalue weighted by Crippen LogP contribution is -2.39. The molecule has 0 aromatic carbocycles. The van der Waals surface area contributed by atoms with Gasteiger partial charge in [-0.05, 0) is 52.4 Å². The van der Waals surface area contributed by atoms with Crippen molar-refractivity contribution < 1.29 is 4.79 Å². The third-order valence-electron chi connectivity index (χ3n) is 4.15. The van der Waals surface area contributed by atoms with Crippen LogP contribution >= 0.6 is 12.8 Å². The first-order valence-corrected chi connectivity index (χ1v) is 7.66. The number of rotatable bonds is 7. The average Bonchev–Trinajstić information content (AvgIpc) is 3.14. The normalized spacial score (nSPS) is 22.9. The van der Waals surface area contributed by atoms with Gasteiger partial charge in [-0.2, -0.15) is 0 Å². The lowest BCUT2D eigenvalue weighted by molar-refractivity contribution is -0.131. The van der Waals surface area contributed by atoms with Gasteiger partial charge in [-0.1, -0.05) is 12.8 Å². The molecule has 0 N–H and O–H groups in total. The molecule has 0 saturated heterocycles. The van der Waals surface area contributed by atoms with E-state index >= 15 is 0 Å². The summed E-state index contributed by atoms with van der Waals surface area (Å²) in [6.45, 7) is 6.13. The van der Waals surface area contributed by atoms with Gasteiger partial charge in [0.1, 0.15) is 0 Å². The van der Waals surface area contributed by atoms with E-state index in [1.807, 2.05) is 0 Å². The molecule has 18 heavy (non-hydrogen) atoms. The second kappa shape index (κ2) is 5.83. The smallest absolute Gasteiger partial charge is 0.219 e. The summed E-state index contributed by atoms with van der Waals surface area (Å²) in [6.07, 6.45) is 7.19. The molecule has 0 heterocycles. The second-order valence-electron chi connectivity index (χ2n) is 6.04. The highest BCUT2D eigenvalue weighted by Gasteiger charge is 2.34. The summed E-state index contributed by atoms with van der Waals surface area (Å²) in [5, 5.41) is 0. The minimum atomic E-state index is 0.238. The van der Waals surface area contributed by atoms with Crippen LogP contribution in [0.1, 0.15) is 59.3 Å². The van der Waals surface area contributed by atoms with Crippen LogP contribution in [-0.2, 0) is 4.79 Å². The molecule has 2 unspecified atom stereocenters. The number of carbonyl (C=O) groups excluding carboxylic acids is 1. The van der Waals surface area contributed by atoms with E-state index in [4.69, 9.17) is 0 Å². The van der Waals surface area contributed by atoms with Crippen LogP contribution in [0.15, 0.2) is 0 Å². The van der Waals surface area contributed by atoms with Crippen molar-refractivity contribution in [2.75, 3.05) is 0 Å². The third-order valence-corrected chi connectivity index (χ3v) is 4.87. The summed E-state index contributed by atoms with van der Waals surface area (Å²) in [5.74, 6) is 0.238. The molecule has 2 atom stereocenters. The highest BCUT2D eigenvalue weighted by Crippen LogP contribution is 2.33. The fraction of sp³-hybridized carbons (Fsp3) is 0.929. The van der Waals surface area contributed by atoms with Crippen LogP contribution in [0.3, 0.4) is 0 Å². The van der Waals surface area contributed by atoms with Crippen LogP contribution in [-0.4, -0.2) is 39.3 Å². The van der Waals surface area contributed by atoms with E-state index in [1.165, 1.54) is 25.7 Å². The molecule has 0 spiro atoms. The van der Waals surface area contributed by atoms with Gasteiger partial charge in [0.15, 0.2) is 0 Å². The Hall–Kier alpha value is -0.220. The highest BCUT2D eigenvalue weighted by molar-refractivity contribution is 7.77. The summed E-state index contributed by atoms with van der Waals surface area (Å²) >= 11 is 4.58. The summed E-state index contributed by atoms with van der Waals surface area (Å²) in [6, 6.07) is 2.11. The standard InChI is InChI=1S/C14H26N2OS/c1-10(15(12(3)17)13-6-7-13)4-5-11(2)16(18)14-8-9-14/h10-11,13-14,18H,4-9H2,1-3H3. The number of thiol groups is 1. The largest absolute Gasteiger partial charge is 0.337 e. The van der Waals surface area contributed by atoms with Crippen molar-refractivity contribution >= 4 is 18.7 Å². The Morgan fingerprint density at radius 2 is 1.61 bits per heavy atom. The minimum Gasteiger partial charge on any atom is -0.337 e. The van der Waals surface area contributed by atoms with Crippen LogP contribution in [0, 0.1) is 0 Å². The predicted octanol–water partition coefficient (Wildman–Crippen LogP) is 2.86. The summed E-state index contributed by atoms with van der Waals surface area (Å²) in [4.78, 5) is 13.8. The van der Waals surface area contributed by atoms with Gasteiger partial charge in [0.25, 0.3) is 0 Å². The van der Waals surface area contributed by atoms with E-state index in [1.54, 1.807) is 6.92 Å². The van der Waals surface area contributed by atoms with Crippen LogP contribution in [0.2, 0.25) is 0 Å². The Balaban J connectivity index is 1.75. The molecule has 2 aliphatic carbocycles. The minimum absolute atomic E-state index is 0.238. The third kappa shape index (κ3) is 3.64. The topological polar surface area (TPSA) is 23.6 Å². The Morgan fingerprint density at radius 1 is 1.11 bits per heavy atom. The van der Waals surface area contributed by atoms with Gasteiger partial charge in [-0.15, -0.1) is 0 Å². The number of nitrogens with zero attached hydrogens (tertiary/aromatic N) is 2. The molecule has 0 aliphatic heterocycles. The highest BCUT2D eigenvalue weighted by atomic mass is 32.1. The maximum atomic E-state index is 11.7. The first-order chi connectivity index (χ1) is 8.50. The fourth-order valence-electron chi connectivity index (χ4n) is 2.73. The van der Waals surface area contributed by atoms with Crippen molar-refractivity contribution in [1.82, 2.24) is 9.21 Å². The molecule has 104 valence electrons. The fourth-order valence-corrected chi connectivity index (χ4v) is 3.08. The maximum Gasteiger partial charge on any atom is 0.219 e. The quantitative estimate of drug-likeness (QED) is 0.719. The molecule has 2 aliphatic rings. The van der Waals surface area contributed by atoms with Gasteiger partial charge >= 0.3 is 0 Å². The Bertz CT molecular complexity index is 302. The van der Waals surface area contributed by atoms with Crippen molar-refractivity contribution in [3.8, 4) is 0 Å². The molecule has 2 fully saturated rings. The van der Waals surface area contributed by atoms with Crippen LogP contribution in [0.4, 0.5) is 0 Å². The maximum absolute atomic E-state index is 11.7. The number of hydrogen-bond acceptors (Lipinski definition) is 3. The first kappa shape index (κ1) is 14.2. The zero-order chi connectivity index (χ0) is 13.3. The van der Waals surface area contributed by atoms with E-state index in [2.05, 4.69) is 35.9 Å². The molecule has 0 radical (unpaired) electrons. The zero-order valence-electron chi connectivity index (χ0n) is 11.8. The second-order valence-corrected chi connectivity index (χ2v) is 6.51. The molecular weight excluding hydrogens is 244 g/mol. The van der Waals surface area contributed by atoms with E-state index in [0.717, 1.165) is 12.8 Å². The van der Waals surface area contributed by atoms with Crippen molar-refractivity contribution in [2.24, 2.45) is 0 Å². The molecule has 0 aromatic rings. The lowest BCUT2D eigenvalue weighted by atomic mass is 10.1. The Labute approximate surface area is 116 Å². The summed E-state index contributed by atoms with van der Waals surface area (Å²) < 4.78 is 2.21. The summed E-state index contributed by atoms with van der Waals surface area (Å²) in [5.41, 5.74) is 0. The van der Waals surface area contributed by atoms with Crippen molar-refractivity contribution in [3.63, 3.8) is 0 Å². The summed E-state index contributed by atoms with van der Waals surface area (Å²) in [7, 11) is 0. The van der Waals surface area contributed by atoms with E-state index < -0.39 is 0 Å². The molecule has 4 heteroatoms. The van der Waals surface area contributed by atoms with Crippen molar-refractivity contribution in [3.05, 3.63) is 0 Å². The monoisotopic (exact) mass is 270 g/mol. The average molecular weight is 270 g/mol. The zero-order valence-corrected chi connectivity index (χ0v) is 12.7. The van der Waals surface area contributed by atoms with Crippen LogP contribution < -0.4 is 0 Å². The lowest BCUT2D eigenvalue weighted by Gasteiger charge is -2.30. The number of amides is 1.